The van der Waals surface area contributed by atoms with Crippen molar-refractivity contribution in [2.45, 2.75) is 19.9 Å². The molecule has 0 aromatic heterocycles. The van der Waals surface area contributed by atoms with Crippen molar-refractivity contribution in [1.82, 2.24) is 10.6 Å². The van der Waals surface area contributed by atoms with Crippen LogP contribution in [0.1, 0.15) is 18.9 Å². The molecule has 0 spiro atoms. The minimum absolute atomic E-state index is 0. The van der Waals surface area contributed by atoms with Crippen LogP contribution in [0.4, 0.5) is 0 Å². The van der Waals surface area contributed by atoms with Crippen LogP contribution >= 0.6 is 35.6 Å². The molecule has 1 rings (SSSR count). The lowest BCUT2D eigenvalue weighted by Gasteiger charge is -2.11. The smallest absolute Gasteiger partial charge is 0.191 e. The lowest BCUT2D eigenvalue weighted by atomic mass is 10.2. The number of guanidine groups is 1. The fraction of sp³-hybridized carbons (Fsp3) is 0.562. The first-order valence-corrected chi connectivity index (χ1v) is 7.98. The number of ether oxygens (including phenoxy) is 2. The molecule has 0 aliphatic carbocycles. The first kappa shape index (κ1) is 22.4. The molecule has 1 aromatic carbocycles. The van der Waals surface area contributed by atoms with E-state index in [1.54, 1.807) is 7.11 Å². The molecule has 0 saturated heterocycles. The van der Waals surface area contributed by atoms with E-state index in [1.807, 2.05) is 31.2 Å². The van der Waals surface area contributed by atoms with Crippen molar-refractivity contribution in [3.05, 3.63) is 34.9 Å². The Morgan fingerprint density at radius 1 is 1.17 bits per heavy atom. The third-order valence-corrected chi connectivity index (χ3v) is 3.27. The maximum Gasteiger partial charge on any atom is 0.191 e. The van der Waals surface area contributed by atoms with Crippen molar-refractivity contribution < 1.29 is 9.47 Å². The summed E-state index contributed by atoms with van der Waals surface area (Å²) in [5, 5.41) is 7.25. The summed E-state index contributed by atoms with van der Waals surface area (Å²) in [6, 6.07) is 7.75. The van der Waals surface area contributed by atoms with E-state index in [9.17, 15) is 0 Å². The van der Waals surface area contributed by atoms with E-state index >= 15 is 0 Å². The molecule has 0 radical (unpaired) electrons. The molecular weight excluding hydrogens is 429 g/mol. The minimum atomic E-state index is 0. The van der Waals surface area contributed by atoms with Gasteiger partial charge in [0, 0.05) is 31.8 Å². The highest BCUT2D eigenvalue weighted by Crippen LogP contribution is 2.15. The van der Waals surface area contributed by atoms with Gasteiger partial charge >= 0.3 is 0 Å². The van der Waals surface area contributed by atoms with E-state index in [-0.39, 0.29) is 24.0 Å². The number of benzene rings is 1. The van der Waals surface area contributed by atoms with Gasteiger partial charge in [0.05, 0.1) is 19.8 Å². The van der Waals surface area contributed by atoms with E-state index in [1.165, 1.54) is 0 Å². The van der Waals surface area contributed by atoms with Crippen molar-refractivity contribution in [1.29, 1.82) is 0 Å². The molecule has 132 valence electrons. The predicted molar refractivity (Wildman–Crippen MR) is 107 cm³/mol. The minimum Gasteiger partial charge on any atom is -0.382 e. The third-order valence-electron chi connectivity index (χ3n) is 2.90. The van der Waals surface area contributed by atoms with Crippen LogP contribution in [0.3, 0.4) is 0 Å². The summed E-state index contributed by atoms with van der Waals surface area (Å²) < 4.78 is 10.3. The summed E-state index contributed by atoms with van der Waals surface area (Å²) in [6.45, 7) is 6.20. The topological polar surface area (TPSA) is 54.9 Å². The van der Waals surface area contributed by atoms with Crippen molar-refractivity contribution >= 4 is 41.5 Å². The van der Waals surface area contributed by atoms with Gasteiger partial charge < -0.3 is 20.1 Å². The molecule has 0 atom stereocenters. The molecule has 0 heterocycles. The molecule has 0 amide bonds. The Morgan fingerprint density at radius 3 is 2.65 bits per heavy atom. The van der Waals surface area contributed by atoms with Crippen LogP contribution in [0.15, 0.2) is 29.3 Å². The Labute approximate surface area is 161 Å². The normalized spacial score (nSPS) is 11.0. The zero-order chi connectivity index (χ0) is 16.0. The van der Waals surface area contributed by atoms with Gasteiger partial charge in [-0.05, 0) is 25.0 Å². The van der Waals surface area contributed by atoms with Crippen molar-refractivity contribution in [3.8, 4) is 0 Å². The SMILES string of the molecule is CCNC(=NCc1ccccc1Cl)NCCCOCCOC.I. The summed E-state index contributed by atoms with van der Waals surface area (Å²) in [7, 11) is 1.67. The van der Waals surface area contributed by atoms with Gasteiger partial charge in [-0.3, -0.25) is 0 Å². The lowest BCUT2D eigenvalue weighted by Crippen LogP contribution is -2.38. The van der Waals surface area contributed by atoms with Crippen LogP contribution in [0.5, 0.6) is 0 Å². The van der Waals surface area contributed by atoms with E-state index in [2.05, 4.69) is 15.6 Å². The molecule has 0 bridgehead atoms. The van der Waals surface area contributed by atoms with Crippen LogP contribution < -0.4 is 10.6 Å². The van der Waals surface area contributed by atoms with Crippen LogP contribution in [0, 0.1) is 0 Å². The quantitative estimate of drug-likeness (QED) is 0.246. The molecule has 5 nitrogen and oxygen atoms in total. The van der Waals surface area contributed by atoms with Crippen LogP contribution in [0.25, 0.3) is 0 Å². The number of hydrogen-bond donors (Lipinski definition) is 2. The first-order chi connectivity index (χ1) is 10.8. The van der Waals surface area contributed by atoms with Crippen molar-refractivity contribution in [2.75, 3.05) is 40.0 Å². The van der Waals surface area contributed by atoms with Gasteiger partial charge in [0.25, 0.3) is 0 Å². The Kier molecular flexibility index (Phi) is 14.6. The molecule has 0 aliphatic rings. The fourth-order valence-electron chi connectivity index (χ4n) is 1.76. The van der Waals surface area contributed by atoms with Crippen LogP contribution in [0.2, 0.25) is 5.02 Å². The van der Waals surface area contributed by atoms with Crippen molar-refractivity contribution in [3.63, 3.8) is 0 Å². The van der Waals surface area contributed by atoms with Gasteiger partial charge in [0.2, 0.25) is 0 Å². The first-order valence-electron chi connectivity index (χ1n) is 7.60. The molecule has 0 fully saturated rings. The van der Waals surface area contributed by atoms with Crippen molar-refractivity contribution in [2.24, 2.45) is 4.99 Å². The fourth-order valence-corrected chi connectivity index (χ4v) is 1.95. The largest absolute Gasteiger partial charge is 0.382 e. The summed E-state index contributed by atoms with van der Waals surface area (Å²) in [5.41, 5.74) is 1.02. The molecule has 0 saturated carbocycles. The highest BCUT2D eigenvalue weighted by molar-refractivity contribution is 14.0. The van der Waals surface area contributed by atoms with Gasteiger partial charge in [-0.15, -0.1) is 24.0 Å². The number of methoxy groups -OCH3 is 1. The summed E-state index contributed by atoms with van der Waals surface area (Å²) in [6.07, 6.45) is 0.917. The molecule has 0 unspecified atom stereocenters. The van der Waals surface area contributed by atoms with Gasteiger partial charge in [0.1, 0.15) is 0 Å². The number of nitrogens with zero attached hydrogens (tertiary/aromatic N) is 1. The maximum absolute atomic E-state index is 6.14. The number of aliphatic imine (C=N–C) groups is 1. The van der Waals surface area contributed by atoms with Gasteiger partial charge in [-0.2, -0.15) is 0 Å². The maximum atomic E-state index is 6.14. The van der Waals surface area contributed by atoms with Crippen LogP contribution in [-0.2, 0) is 16.0 Å². The summed E-state index contributed by atoms with van der Waals surface area (Å²) >= 11 is 6.14. The average molecular weight is 456 g/mol. The second kappa shape index (κ2) is 15.0. The number of hydrogen-bond acceptors (Lipinski definition) is 3. The van der Waals surface area contributed by atoms with E-state index < -0.39 is 0 Å². The van der Waals surface area contributed by atoms with Gasteiger partial charge in [-0.25, -0.2) is 4.99 Å². The molecule has 23 heavy (non-hydrogen) atoms. The molecule has 7 heteroatoms. The molecule has 1 aromatic rings. The number of rotatable bonds is 10. The third kappa shape index (κ3) is 10.8. The predicted octanol–water partition coefficient (Wildman–Crippen LogP) is 3.07. The standard InChI is InChI=1S/C16H26ClN3O2.HI/c1-3-18-16(19-9-6-10-22-12-11-21-2)20-13-14-7-4-5-8-15(14)17;/h4-5,7-8H,3,6,9-13H2,1-2H3,(H2,18,19,20);1H. The Morgan fingerprint density at radius 2 is 1.96 bits per heavy atom. The second-order valence-corrected chi connectivity index (χ2v) is 5.08. The summed E-state index contributed by atoms with van der Waals surface area (Å²) in [5.74, 6) is 0.791. The second-order valence-electron chi connectivity index (χ2n) is 4.67. The Balaban J connectivity index is 0.00000484. The lowest BCUT2D eigenvalue weighted by molar-refractivity contribution is 0.0698. The monoisotopic (exact) mass is 455 g/mol. The summed E-state index contributed by atoms with van der Waals surface area (Å²) in [4.78, 5) is 4.54. The number of halogens is 2. The van der Waals surface area contributed by atoms with Gasteiger partial charge in [-0.1, -0.05) is 29.8 Å². The number of nitrogens with one attached hydrogen (secondary N) is 2. The Hall–Kier alpha value is -0.570. The molecule has 2 N–H and O–H groups in total. The van der Waals surface area contributed by atoms with Crippen LogP contribution in [-0.4, -0.2) is 46.0 Å². The average Bonchev–Trinajstić information content (AvgIpc) is 2.53. The van der Waals surface area contributed by atoms with E-state index in [4.69, 9.17) is 21.1 Å². The highest BCUT2D eigenvalue weighted by atomic mass is 127. The Bertz CT molecular complexity index is 447. The molecular formula is C16H27ClIN3O2. The zero-order valence-corrected chi connectivity index (χ0v) is 16.9. The zero-order valence-electron chi connectivity index (χ0n) is 13.8. The van der Waals surface area contributed by atoms with E-state index in [0.29, 0.717) is 26.4 Å². The van der Waals surface area contributed by atoms with Gasteiger partial charge in [0.15, 0.2) is 5.96 Å². The highest BCUT2D eigenvalue weighted by Gasteiger charge is 2.00. The molecule has 0 aliphatic heterocycles. The van der Waals surface area contributed by atoms with E-state index in [0.717, 1.165) is 36.1 Å².